The Kier molecular flexibility index (Phi) is 9.14. The molecule has 0 saturated carbocycles. The van der Waals surface area contributed by atoms with Crippen molar-refractivity contribution in [3.8, 4) is 0 Å². The molecule has 0 aromatic heterocycles. The van der Waals surface area contributed by atoms with E-state index in [-0.39, 0.29) is 35.4 Å². The number of esters is 1. The van der Waals surface area contributed by atoms with Crippen LogP contribution in [0.25, 0.3) is 0 Å². The summed E-state index contributed by atoms with van der Waals surface area (Å²) in [5.74, 6) is -0.295. The van der Waals surface area contributed by atoms with E-state index in [1.807, 2.05) is 30.3 Å². The maximum Gasteiger partial charge on any atom is 0.302 e. The second-order valence-corrected chi connectivity index (χ2v) is 15.5. The normalized spacial score (nSPS) is 27.7. The highest BCUT2D eigenvalue weighted by molar-refractivity contribution is 6.74. The van der Waals surface area contributed by atoms with Gasteiger partial charge >= 0.3 is 5.97 Å². The van der Waals surface area contributed by atoms with E-state index >= 15 is 0 Å². The minimum atomic E-state index is -2.02. The van der Waals surface area contributed by atoms with Gasteiger partial charge in [0.05, 0.1) is 12.7 Å². The van der Waals surface area contributed by atoms with Gasteiger partial charge in [-0.25, -0.2) is 0 Å². The lowest BCUT2D eigenvalue weighted by atomic mass is 9.91. The fraction of sp³-hybridized carbons (Fsp3) is 0.731. The van der Waals surface area contributed by atoms with Crippen molar-refractivity contribution in [1.82, 2.24) is 0 Å². The van der Waals surface area contributed by atoms with Crippen LogP contribution in [0.15, 0.2) is 30.3 Å². The number of carbonyl (C=O) groups is 1. The predicted molar refractivity (Wildman–Crippen MR) is 131 cm³/mol. The third kappa shape index (κ3) is 7.12. The molecule has 0 radical (unpaired) electrons. The molecule has 7 heteroatoms. The summed E-state index contributed by atoms with van der Waals surface area (Å²) in [5, 5.41) is 0.0943. The Balaban J connectivity index is 1.87. The Hall–Kier alpha value is -1.25. The van der Waals surface area contributed by atoms with Gasteiger partial charge in [-0.2, -0.15) is 0 Å². The number of benzene rings is 1. The van der Waals surface area contributed by atoms with Gasteiger partial charge in [0.25, 0.3) is 0 Å². The first-order chi connectivity index (χ1) is 15.6. The van der Waals surface area contributed by atoms with Gasteiger partial charge in [-0.05, 0) is 49.4 Å². The summed E-state index contributed by atoms with van der Waals surface area (Å²) < 4.78 is 31.7. The zero-order chi connectivity index (χ0) is 24.1. The van der Waals surface area contributed by atoms with Gasteiger partial charge < -0.3 is 23.4 Å². The van der Waals surface area contributed by atoms with Gasteiger partial charge in [0, 0.05) is 20.1 Å². The molecule has 2 aliphatic heterocycles. The fourth-order valence-corrected chi connectivity index (χ4v) is 5.69. The highest BCUT2D eigenvalue weighted by Crippen LogP contribution is 2.40. The standard InChI is InChI=1S/C26H42O6Si/c1-19(27)31-21-14-10-16-28-23(21)25(30-18-20-12-8-7-9-13-20)24-22(15-11-17-29-24)32-33(5,6)26(2,3)4/h7-9,12-13,21-25H,10-11,14-18H2,1-6H3/t21-,22-,23-,24-,25+/m0/s1. The van der Waals surface area contributed by atoms with E-state index in [2.05, 4.69) is 33.9 Å². The Morgan fingerprint density at radius 1 is 1.03 bits per heavy atom. The van der Waals surface area contributed by atoms with E-state index < -0.39 is 14.4 Å². The summed E-state index contributed by atoms with van der Waals surface area (Å²) in [6, 6.07) is 10.1. The number of rotatable bonds is 8. The molecule has 1 aromatic carbocycles. The molecule has 0 N–H and O–H groups in total. The Bertz CT molecular complexity index is 747. The van der Waals surface area contributed by atoms with Gasteiger partial charge in [0.2, 0.25) is 0 Å². The van der Waals surface area contributed by atoms with Gasteiger partial charge in [0.1, 0.15) is 24.4 Å². The summed E-state index contributed by atoms with van der Waals surface area (Å²) in [6.45, 7) is 14.5. The van der Waals surface area contributed by atoms with Crippen molar-refractivity contribution in [2.45, 2.75) is 109 Å². The number of hydrogen-bond donors (Lipinski definition) is 0. The molecule has 5 atom stereocenters. The van der Waals surface area contributed by atoms with Gasteiger partial charge in [-0.3, -0.25) is 4.79 Å². The molecule has 3 rings (SSSR count). The molecule has 0 aliphatic carbocycles. The van der Waals surface area contributed by atoms with Crippen LogP contribution < -0.4 is 0 Å². The van der Waals surface area contributed by atoms with Crippen LogP contribution in [0.2, 0.25) is 18.1 Å². The molecule has 1 aromatic rings. The topological polar surface area (TPSA) is 63.2 Å². The molecule has 0 amide bonds. The first-order valence-electron chi connectivity index (χ1n) is 12.3. The van der Waals surface area contributed by atoms with E-state index in [4.69, 9.17) is 23.4 Å². The van der Waals surface area contributed by atoms with E-state index in [0.717, 1.165) is 31.2 Å². The molecule has 6 nitrogen and oxygen atoms in total. The maximum atomic E-state index is 11.8. The van der Waals surface area contributed by atoms with Crippen molar-refractivity contribution in [2.24, 2.45) is 0 Å². The summed E-state index contributed by atoms with van der Waals surface area (Å²) in [5.41, 5.74) is 1.08. The first kappa shape index (κ1) is 26.4. The molecule has 0 bridgehead atoms. The largest absolute Gasteiger partial charge is 0.460 e. The van der Waals surface area contributed by atoms with Crippen LogP contribution >= 0.6 is 0 Å². The Labute approximate surface area is 200 Å². The molecular formula is C26H42O6Si. The van der Waals surface area contributed by atoms with Gasteiger partial charge in [-0.15, -0.1) is 0 Å². The lowest BCUT2D eigenvalue weighted by Crippen LogP contribution is -2.58. The fourth-order valence-electron chi connectivity index (χ4n) is 4.33. The smallest absolute Gasteiger partial charge is 0.302 e. The van der Waals surface area contributed by atoms with Gasteiger partial charge in [-0.1, -0.05) is 51.1 Å². The zero-order valence-electron chi connectivity index (χ0n) is 21.2. The highest BCUT2D eigenvalue weighted by Gasteiger charge is 2.48. The summed E-state index contributed by atoms with van der Waals surface area (Å²) >= 11 is 0. The van der Waals surface area contributed by atoms with Crippen LogP contribution in [0.3, 0.4) is 0 Å². The molecule has 2 fully saturated rings. The molecule has 2 heterocycles. The van der Waals surface area contributed by atoms with Crippen molar-refractivity contribution >= 4 is 14.3 Å². The van der Waals surface area contributed by atoms with Crippen LogP contribution in [0.4, 0.5) is 0 Å². The van der Waals surface area contributed by atoms with E-state index in [9.17, 15) is 4.79 Å². The summed E-state index contributed by atoms with van der Waals surface area (Å²) in [7, 11) is -2.02. The van der Waals surface area contributed by atoms with Crippen molar-refractivity contribution in [3.63, 3.8) is 0 Å². The SMILES string of the molecule is CC(=O)O[C@H]1CCCO[C@@H]1[C@@H](OCc1ccccc1)[C@H]1OCCC[C@@H]1O[Si](C)(C)C(C)(C)C. The number of carbonyl (C=O) groups excluding carboxylic acids is 1. The van der Waals surface area contributed by atoms with Crippen LogP contribution in [-0.2, 0) is 34.8 Å². The highest BCUT2D eigenvalue weighted by atomic mass is 28.4. The van der Waals surface area contributed by atoms with Crippen molar-refractivity contribution in [2.75, 3.05) is 13.2 Å². The molecule has 33 heavy (non-hydrogen) atoms. The lowest BCUT2D eigenvalue weighted by Gasteiger charge is -2.47. The summed E-state index contributed by atoms with van der Waals surface area (Å²) in [6.07, 6.45) is 2.00. The lowest BCUT2D eigenvalue weighted by molar-refractivity contribution is -0.218. The van der Waals surface area contributed by atoms with Gasteiger partial charge in [0.15, 0.2) is 8.32 Å². The molecule has 2 saturated heterocycles. The molecule has 2 aliphatic rings. The van der Waals surface area contributed by atoms with Crippen LogP contribution in [-0.4, -0.2) is 58.0 Å². The van der Waals surface area contributed by atoms with Crippen LogP contribution in [0.1, 0.15) is 58.9 Å². The Morgan fingerprint density at radius 2 is 1.61 bits per heavy atom. The minimum absolute atomic E-state index is 0.0797. The second-order valence-electron chi connectivity index (χ2n) is 10.8. The minimum Gasteiger partial charge on any atom is -0.460 e. The van der Waals surface area contributed by atoms with Crippen molar-refractivity contribution in [3.05, 3.63) is 35.9 Å². The van der Waals surface area contributed by atoms with Crippen LogP contribution in [0.5, 0.6) is 0 Å². The van der Waals surface area contributed by atoms with Crippen molar-refractivity contribution < 1.29 is 28.2 Å². The summed E-state index contributed by atoms with van der Waals surface area (Å²) in [4.78, 5) is 11.8. The van der Waals surface area contributed by atoms with E-state index in [1.165, 1.54) is 6.92 Å². The Morgan fingerprint density at radius 3 is 2.18 bits per heavy atom. The molecule has 0 spiro atoms. The monoisotopic (exact) mass is 478 g/mol. The quantitative estimate of drug-likeness (QED) is 0.376. The predicted octanol–water partition coefficient (Wildman–Crippen LogP) is 5.25. The number of ether oxygens (including phenoxy) is 4. The average Bonchev–Trinajstić information content (AvgIpc) is 2.75. The third-order valence-corrected chi connectivity index (χ3v) is 11.6. The average molecular weight is 479 g/mol. The van der Waals surface area contributed by atoms with Crippen LogP contribution in [0, 0.1) is 0 Å². The van der Waals surface area contributed by atoms with E-state index in [1.54, 1.807) is 0 Å². The second kappa shape index (κ2) is 11.4. The van der Waals surface area contributed by atoms with Crippen molar-refractivity contribution in [1.29, 1.82) is 0 Å². The third-order valence-electron chi connectivity index (χ3n) is 7.12. The van der Waals surface area contributed by atoms with E-state index in [0.29, 0.717) is 19.8 Å². The molecule has 186 valence electrons. The molecular weight excluding hydrogens is 436 g/mol. The molecule has 0 unspecified atom stereocenters. The zero-order valence-corrected chi connectivity index (χ0v) is 22.2. The maximum absolute atomic E-state index is 11.8. The first-order valence-corrected chi connectivity index (χ1v) is 15.2. The number of hydrogen-bond acceptors (Lipinski definition) is 6.